The topological polar surface area (TPSA) is 54.9 Å². The minimum absolute atomic E-state index is 0.153. The third-order valence-corrected chi connectivity index (χ3v) is 4.77. The molecule has 1 aliphatic heterocycles. The summed E-state index contributed by atoms with van der Waals surface area (Å²) in [5, 5.41) is 6.82. The fourth-order valence-electron chi connectivity index (χ4n) is 3.36. The lowest BCUT2D eigenvalue weighted by molar-refractivity contribution is 0.0915. The summed E-state index contributed by atoms with van der Waals surface area (Å²) in [6.07, 6.45) is 1.21. The van der Waals surface area contributed by atoms with E-state index in [9.17, 15) is 0 Å². The van der Waals surface area contributed by atoms with E-state index in [-0.39, 0.29) is 6.10 Å². The summed E-state index contributed by atoms with van der Waals surface area (Å²) in [7, 11) is 1.68. The highest BCUT2D eigenvalue weighted by Crippen LogP contribution is 2.33. The third-order valence-electron chi connectivity index (χ3n) is 4.77. The van der Waals surface area contributed by atoms with Gasteiger partial charge in [-0.1, -0.05) is 42.5 Å². The van der Waals surface area contributed by atoms with Gasteiger partial charge in [0.05, 0.1) is 19.8 Å². The van der Waals surface area contributed by atoms with E-state index in [4.69, 9.17) is 14.5 Å². The van der Waals surface area contributed by atoms with Gasteiger partial charge in [-0.2, -0.15) is 0 Å². The summed E-state index contributed by atoms with van der Waals surface area (Å²) in [6.45, 7) is 5.16. The molecule has 0 amide bonds. The van der Waals surface area contributed by atoms with Crippen molar-refractivity contribution in [2.75, 3.05) is 26.8 Å². The molecule has 3 rings (SSSR count). The Balaban J connectivity index is 1.60. The van der Waals surface area contributed by atoms with Crippen LogP contribution in [0.5, 0.6) is 5.75 Å². The lowest BCUT2D eigenvalue weighted by atomic mass is 9.95. The van der Waals surface area contributed by atoms with Gasteiger partial charge in [0.1, 0.15) is 5.75 Å². The van der Waals surface area contributed by atoms with Crippen LogP contribution in [0.3, 0.4) is 0 Å². The van der Waals surface area contributed by atoms with Gasteiger partial charge in [-0.3, -0.25) is 0 Å². The average molecular weight is 367 g/mol. The van der Waals surface area contributed by atoms with Crippen LogP contribution in [-0.2, 0) is 11.3 Å². The zero-order chi connectivity index (χ0) is 18.9. The molecule has 5 nitrogen and oxygen atoms in total. The molecular weight excluding hydrogens is 338 g/mol. The van der Waals surface area contributed by atoms with Crippen molar-refractivity contribution in [3.05, 3.63) is 65.7 Å². The second-order valence-corrected chi connectivity index (χ2v) is 6.68. The van der Waals surface area contributed by atoms with Gasteiger partial charge >= 0.3 is 0 Å². The Morgan fingerprint density at radius 3 is 2.78 bits per heavy atom. The standard InChI is InChI=1S/C22H29N3O2/c1-3-23-22(24-15-17-8-7-11-20(14-17)26-2)25-16-19-12-13-27-21(19)18-9-5-4-6-10-18/h4-11,14,19,21H,3,12-13,15-16H2,1-2H3,(H2,23,24,25). The first-order valence-electron chi connectivity index (χ1n) is 9.61. The van der Waals surface area contributed by atoms with E-state index in [1.165, 1.54) is 5.56 Å². The number of rotatable bonds is 7. The van der Waals surface area contributed by atoms with Crippen LogP contribution in [0.15, 0.2) is 59.6 Å². The first kappa shape index (κ1) is 19.2. The largest absolute Gasteiger partial charge is 0.497 e. The van der Waals surface area contributed by atoms with Gasteiger partial charge in [0, 0.05) is 25.6 Å². The molecule has 0 bridgehead atoms. The third kappa shape index (κ3) is 5.47. The summed E-state index contributed by atoms with van der Waals surface area (Å²) in [5.41, 5.74) is 2.37. The van der Waals surface area contributed by atoms with Gasteiger partial charge < -0.3 is 20.1 Å². The van der Waals surface area contributed by atoms with E-state index >= 15 is 0 Å². The molecule has 2 aromatic rings. The summed E-state index contributed by atoms with van der Waals surface area (Å²) >= 11 is 0. The molecule has 1 aliphatic rings. The first-order chi connectivity index (χ1) is 13.3. The zero-order valence-electron chi connectivity index (χ0n) is 16.2. The average Bonchev–Trinajstić information content (AvgIpc) is 3.19. The molecule has 1 saturated heterocycles. The highest BCUT2D eigenvalue weighted by Gasteiger charge is 2.29. The first-order valence-corrected chi connectivity index (χ1v) is 9.61. The van der Waals surface area contributed by atoms with E-state index in [1.54, 1.807) is 7.11 Å². The highest BCUT2D eigenvalue weighted by atomic mass is 16.5. The zero-order valence-corrected chi connectivity index (χ0v) is 16.2. The maximum atomic E-state index is 5.98. The number of aliphatic imine (C=N–C) groups is 1. The Morgan fingerprint density at radius 1 is 1.15 bits per heavy atom. The summed E-state index contributed by atoms with van der Waals surface area (Å²) in [5.74, 6) is 2.13. The summed E-state index contributed by atoms with van der Waals surface area (Å²) in [6, 6.07) is 18.5. The molecular formula is C22H29N3O2. The minimum Gasteiger partial charge on any atom is -0.497 e. The Morgan fingerprint density at radius 2 is 2.00 bits per heavy atom. The number of nitrogens with one attached hydrogen (secondary N) is 2. The van der Waals surface area contributed by atoms with Crippen LogP contribution < -0.4 is 15.4 Å². The van der Waals surface area contributed by atoms with E-state index in [1.807, 2.05) is 24.3 Å². The lowest BCUT2D eigenvalue weighted by Crippen LogP contribution is -2.40. The number of methoxy groups -OCH3 is 1. The van der Waals surface area contributed by atoms with Crippen molar-refractivity contribution in [3.8, 4) is 5.75 Å². The van der Waals surface area contributed by atoms with Crippen LogP contribution in [-0.4, -0.2) is 32.8 Å². The molecule has 0 radical (unpaired) electrons. The molecule has 0 saturated carbocycles. The summed E-state index contributed by atoms with van der Waals surface area (Å²) < 4.78 is 11.3. The Hall–Kier alpha value is -2.53. The predicted octanol–water partition coefficient (Wildman–Crippen LogP) is 3.53. The number of guanidine groups is 1. The van der Waals surface area contributed by atoms with Crippen molar-refractivity contribution in [1.29, 1.82) is 0 Å². The highest BCUT2D eigenvalue weighted by molar-refractivity contribution is 5.79. The number of nitrogens with zero attached hydrogens (tertiary/aromatic N) is 1. The number of ether oxygens (including phenoxy) is 2. The molecule has 0 aliphatic carbocycles. The van der Waals surface area contributed by atoms with E-state index in [0.717, 1.165) is 43.4 Å². The van der Waals surface area contributed by atoms with Gasteiger partial charge in [0.25, 0.3) is 0 Å². The fraction of sp³-hybridized carbons (Fsp3) is 0.409. The quantitative estimate of drug-likeness (QED) is 0.581. The van der Waals surface area contributed by atoms with Crippen molar-refractivity contribution in [2.45, 2.75) is 26.0 Å². The molecule has 2 unspecified atom stereocenters. The van der Waals surface area contributed by atoms with Crippen molar-refractivity contribution >= 4 is 5.96 Å². The molecule has 2 aromatic carbocycles. The molecule has 0 aromatic heterocycles. The summed E-state index contributed by atoms with van der Waals surface area (Å²) in [4.78, 5) is 4.72. The normalized spacial score (nSPS) is 19.7. The van der Waals surface area contributed by atoms with Crippen LogP contribution in [0.1, 0.15) is 30.6 Å². The van der Waals surface area contributed by atoms with Crippen LogP contribution in [0.4, 0.5) is 0 Å². The Labute approximate surface area is 161 Å². The second kappa shape index (κ2) is 9.97. The van der Waals surface area contributed by atoms with Gasteiger partial charge in [-0.15, -0.1) is 0 Å². The van der Waals surface area contributed by atoms with Crippen LogP contribution in [0.2, 0.25) is 0 Å². The van der Waals surface area contributed by atoms with Crippen molar-refractivity contribution in [1.82, 2.24) is 10.6 Å². The van der Waals surface area contributed by atoms with Gasteiger partial charge in [-0.25, -0.2) is 4.99 Å². The Kier molecular flexibility index (Phi) is 7.11. The number of benzene rings is 2. The maximum absolute atomic E-state index is 5.98. The molecule has 1 heterocycles. The van der Waals surface area contributed by atoms with Crippen LogP contribution >= 0.6 is 0 Å². The lowest BCUT2D eigenvalue weighted by Gasteiger charge is -2.21. The van der Waals surface area contributed by atoms with Crippen LogP contribution in [0.25, 0.3) is 0 Å². The van der Waals surface area contributed by atoms with Gasteiger partial charge in [0.15, 0.2) is 5.96 Å². The van der Waals surface area contributed by atoms with Gasteiger partial charge in [-0.05, 0) is 36.6 Å². The van der Waals surface area contributed by atoms with Crippen molar-refractivity contribution in [2.24, 2.45) is 10.9 Å². The van der Waals surface area contributed by atoms with Crippen molar-refractivity contribution < 1.29 is 9.47 Å². The van der Waals surface area contributed by atoms with E-state index in [0.29, 0.717) is 12.5 Å². The smallest absolute Gasteiger partial charge is 0.191 e. The van der Waals surface area contributed by atoms with Crippen LogP contribution in [0, 0.1) is 5.92 Å². The maximum Gasteiger partial charge on any atom is 0.191 e. The predicted molar refractivity (Wildman–Crippen MR) is 109 cm³/mol. The number of hydrogen-bond acceptors (Lipinski definition) is 3. The molecule has 0 spiro atoms. The van der Waals surface area contributed by atoms with E-state index < -0.39 is 0 Å². The molecule has 2 atom stereocenters. The molecule has 27 heavy (non-hydrogen) atoms. The van der Waals surface area contributed by atoms with E-state index in [2.05, 4.69) is 47.9 Å². The molecule has 1 fully saturated rings. The molecule has 5 heteroatoms. The Bertz CT molecular complexity index is 733. The molecule has 144 valence electrons. The van der Waals surface area contributed by atoms with Gasteiger partial charge in [0.2, 0.25) is 0 Å². The SMILES string of the molecule is CCNC(=NCc1cccc(OC)c1)NCC1CCOC1c1ccccc1. The monoisotopic (exact) mass is 367 g/mol. The molecule has 2 N–H and O–H groups in total. The minimum atomic E-state index is 0.153. The second-order valence-electron chi connectivity index (χ2n) is 6.68. The van der Waals surface area contributed by atoms with Crippen molar-refractivity contribution in [3.63, 3.8) is 0 Å². The fourth-order valence-corrected chi connectivity index (χ4v) is 3.36. The number of hydrogen-bond donors (Lipinski definition) is 2.